The number of carbonyl (C=O) groups is 2. The zero-order valence-corrected chi connectivity index (χ0v) is 10.4. The molecule has 0 aliphatic heterocycles. The van der Waals surface area contributed by atoms with Gasteiger partial charge in [-0.15, -0.1) is 0 Å². The van der Waals surface area contributed by atoms with Crippen molar-refractivity contribution in [3.63, 3.8) is 0 Å². The lowest BCUT2D eigenvalue weighted by atomic mass is 10.3. The SMILES string of the molecule is CCCCOC(=O)C=C([O-])C(=O)OCCCC. The van der Waals surface area contributed by atoms with Crippen molar-refractivity contribution in [3.05, 3.63) is 11.8 Å². The Bertz CT molecular complexity index is 270. The van der Waals surface area contributed by atoms with Gasteiger partial charge in [0, 0.05) is 6.08 Å². The summed E-state index contributed by atoms with van der Waals surface area (Å²) in [5, 5.41) is 11.1. The van der Waals surface area contributed by atoms with Crippen LogP contribution in [0.5, 0.6) is 0 Å². The molecule has 0 radical (unpaired) electrons. The lowest BCUT2D eigenvalue weighted by Gasteiger charge is -2.10. The van der Waals surface area contributed by atoms with E-state index in [4.69, 9.17) is 4.74 Å². The molecule has 0 saturated heterocycles. The zero-order chi connectivity index (χ0) is 13.1. The Balaban J connectivity index is 3.96. The minimum atomic E-state index is -1.01. The third kappa shape index (κ3) is 8.30. The molecule has 0 rings (SSSR count). The molecule has 0 amide bonds. The molecule has 0 N–H and O–H groups in total. The van der Waals surface area contributed by atoms with Crippen molar-refractivity contribution in [2.45, 2.75) is 39.5 Å². The highest BCUT2D eigenvalue weighted by atomic mass is 16.5. The van der Waals surface area contributed by atoms with Crippen molar-refractivity contribution >= 4 is 11.9 Å². The molecule has 0 saturated carbocycles. The van der Waals surface area contributed by atoms with Crippen LogP contribution in [0.25, 0.3) is 0 Å². The number of esters is 2. The molecule has 0 heterocycles. The molecule has 0 aromatic carbocycles. The lowest BCUT2D eigenvalue weighted by molar-refractivity contribution is -0.303. The smallest absolute Gasteiger partial charge is 0.330 e. The van der Waals surface area contributed by atoms with Gasteiger partial charge >= 0.3 is 11.9 Å². The number of unbranched alkanes of at least 4 members (excludes halogenated alkanes) is 2. The molecular formula is C12H19O5-. The Kier molecular flexibility index (Phi) is 8.82. The fourth-order valence-electron chi connectivity index (χ4n) is 0.905. The average Bonchev–Trinajstić information content (AvgIpc) is 2.29. The molecule has 0 bridgehead atoms. The first kappa shape index (κ1) is 15.5. The zero-order valence-electron chi connectivity index (χ0n) is 10.4. The third-order valence-corrected chi connectivity index (χ3v) is 1.92. The van der Waals surface area contributed by atoms with Crippen molar-refractivity contribution in [2.24, 2.45) is 0 Å². The quantitative estimate of drug-likeness (QED) is 0.274. The van der Waals surface area contributed by atoms with E-state index in [0.717, 1.165) is 19.3 Å². The molecule has 5 heteroatoms. The van der Waals surface area contributed by atoms with Crippen LogP contribution in [0.4, 0.5) is 0 Å². The first-order chi connectivity index (χ1) is 8.11. The Morgan fingerprint density at radius 2 is 1.59 bits per heavy atom. The van der Waals surface area contributed by atoms with Crippen LogP contribution in [0.3, 0.4) is 0 Å². The van der Waals surface area contributed by atoms with Gasteiger partial charge in [0.25, 0.3) is 0 Å². The number of carbonyl (C=O) groups excluding carboxylic acids is 2. The topological polar surface area (TPSA) is 75.7 Å². The fourth-order valence-corrected chi connectivity index (χ4v) is 0.905. The van der Waals surface area contributed by atoms with Crippen LogP contribution in [-0.4, -0.2) is 25.2 Å². The number of hydrogen-bond acceptors (Lipinski definition) is 5. The standard InChI is InChI=1S/C12H20O5/c1-3-5-7-16-11(14)9-10(13)12(15)17-8-6-4-2/h9,13H,3-8H2,1-2H3/p-1. The highest BCUT2D eigenvalue weighted by Gasteiger charge is 2.04. The van der Waals surface area contributed by atoms with E-state index in [1.54, 1.807) is 0 Å². The summed E-state index contributed by atoms with van der Waals surface area (Å²) in [5.41, 5.74) is 0. The van der Waals surface area contributed by atoms with Crippen molar-refractivity contribution in [1.82, 2.24) is 0 Å². The molecule has 0 aromatic rings. The average molecular weight is 243 g/mol. The third-order valence-electron chi connectivity index (χ3n) is 1.92. The summed E-state index contributed by atoms with van der Waals surface area (Å²) in [4.78, 5) is 22.1. The van der Waals surface area contributed by atoms with Gasteiger partial charge < -0.3 is 14.6 Å². The predicted molar refractivity (Wildman–Crippen MR) is 59.8 cm³/mol. The second-order valence-corrected chi connectivity index (χ2v) is 3.52. The molecule has 5 nitrogen and oxygen atoms in total. The van der Waals surface area contributed by atoms with E-state index in [1.807, 2.05) is 13.8 Å². The van der Waals surface area contributed by atoms with Gasteiger partial charge in [-0.1, -0.05) is 26.7 Å². The summed E-state index contributed by atoms with van der Waals surface area (Å²) < 4.78 is 9.35. The Morgan fingerprint density at radius 1 is 1.06 bits per heavy atom. The largest absolute Gasteiger partial charge is 0.867 e. The molecule has 0 spiro atoms. The Labute approximate surface area is 101 Å². The molecule has 17 heavy (non-hydrogen) atoms. The van der Waals surface area contributed by atoms with E-state index in [-0.39, 0.29) is 13.2 Å². The monoisotopic (exact) mass is 243 g/mol. The molecular weight excluding hydrogens is 224 g/mol. The summed E-state index contributed by atoms with van der Waals surface area (Å²) >= 11 is 0. The maximum atomic E-state index is 11.1. The minimum Gasteiger partial charge on any atom is -0.867 e. The fraction of sp³-hybridized carbons (Fsp3) is 0.667. The molecule has 0 aromatic heterocycles. The summed E-state index contributed by atoms with van der Waals surface area (Å²) in [7, 11) is 0. The van der Waals surface area contributed by atoms with E-state index < -0.39 is 17.7 Å². The van der Waals surface area contributed by atoms with Crippen molar-refractivity contribution in [3.8, 4) is 0 Å². The Morgan fingerprint density at radius 3 is 2.12 bits per heavy atom. The van der Waals surface area contributed by atoms with Gasteiger partial charge in [-0.3, -0.25) is 0 Å². The van der Waals surface area contributed by atoms with Crippen LogP contribution in [0, 0.1) is 0 Å². The van der Waals surface area contributed by atoms with Gasteiger partial charge in [0.15, 0.2) is 0 Å². The number of hydrogen-bond donors (Lipinski definition) is 0. The highest BCUT2D eigenvalue weighted by molar-refractivity contribution is 5.93. The summed E-state index contributed by atoms with van der Waals surface area (Å²) in [6.45, 7) is 4.34. The lowest BCUT2D eigenvalue weighted by Crippen LogP contribution is -2.20. The molecule has 0 atom stereocenters. The van der Waals surface area contributed by atoms with E-state index in [9.17, 15) is 14.7 Å². The normalized spacial score (nSPS) is 11.1. The predicted octanol–water partition coefficient (Wildman–Crippen LogP) is 0.917. The second-order valence-electron chi connectivity index (χ2n) is 3.52. The van der Waals surface area contributed by atoms with Crippen LogP contribution in [-0.2, 0) is 19.1 Å². The van der Waals surface area contributed by atoms with E-state index in [0.29, 0.717) is 12.5 Å². The molecule has 0 aliphatic rings. The maximum Gasteiger partial charge on any atom is 0.330 e. The van der Waals surface area contributed by atoms with Crippen LogP contribution < -0.4 is 5.11 Å². The van der Waals surface area contributed by atoms with Gasteiger partial charge in [-0.05, 0) is 18.6 Å². The first-order valence-corrected chi connectivity index (χ1v) is 5.84. The Hall–Kier alpha value is -1.52. The van der Waals surface area contributed by atoms with E-state index in [2.05, 4.69) is 4.74 Å². The van der Waals surface area contributed by atoms with Crippen LogP contribution >= 0.6 is 0 Å². The molecule has 0 unspecified atom stereocenters. The minimum absolute atomic E-state index is 0.194. The van der Waals surface area contributed by atoms with Crippen LogP contribution in [0.2, 0.25) is 0 Å². The van der Waals surface area contributed by atoms with Crippen molar-refractivity contribution in [1.29, 1.82) is 0 Å². The maximum absolute atomic E-state index is 11.1. The molecule has 0 fully saturated rings. The van der Waals surface area contributed by atoms with Crippen LogP contribution in [0.1, 0.15) is 39.5 Å². The van der Waals surface area contributed by atoms with Gasteiger partial charge in [0.05, 0.1) is 13.2 Å². The van der Waals surface area contributed by atoms with Crippen molar-refractivity contribution < 1.29 is 24.2 Å². The van der Waals surface area contributed by atoms with E-state index >= 15 is 0 Å². The summed E-state index contributed by atoms with van der Waals surface area (Å²) in [5.74, 6) is -2.77. The number of ether oxygens (including phenoxy) is 2. The first-order valence-electron chi connectivity index (χ1n) is 5.84. The van der Waals surface area contributed by atoms with Crippen LogP contribution in [0.15, 0.2) is 11.8 Å². The van der Waals surface area contributed by atoms with Gasteiger partial charge in [-0.25, -0.2) is 9.59 Å². The molecule has 0 aliphatic carbocycles. The second kappa shape index (κ2) is 9.69. The molecule has 98 valence electrons. The summed E-state index contributed by atoms with van der Waals surface area (Å²) in [6.07, 6.45) is 3.81. The number of rotatable bonds is 8. The summed E-state index contributed by atoms with van der Waals surface area (Å²) in [6, 6.07) is 0. The van der Waals surface area contributed by atoms with Crippen molar-refractivity contribution in [2.75, 3.05) is 13.2 Å². The van der Waals surface area contributed by atoms with Gasteiger partial charge in [0.1, 0.15) is 0 Å². The van der Waals surface area contributed by atoms with Gasteiger partial charge in [0.2, 0.25) is 0 Å². The van der Waals surface area contributed by atoms with E-state index in [1.165, 1.54) is 0 Å². The van der Waals surface area contributed by atoms with Gasteiger partial charge in [-0.2, -0.15) is 0 Å². The highest BCUT2D eigenvalue weighted by Crippen LogP contribution is 1.96.